The first-order valence-electron chi connectivity index (χ1n) is 11.3. The highest BCUT2D eigenvalue weighted by Crippen LogP contribution is 2.34. The fourth-order valence-corrected chi connectivity index (χ4v) is 4.35. The Morgan fingerprint density at radius 3 is 2.54 bits per heavy atom. The van der Waals surface area contributed by atoms with E-state index in [1.165, 1.54) is 6.07 Å². The van der Waals surface area contributed by atoms with E-state index < -0.39 is 5.82 Å². The largest absolute Gasteiger partial charge is 0.455 e. The molecule has 35 heavy (non-hydrogen) atoms. The highest BCUT2D eigenvalue weighted by atomic mass is 19.1. The normalized spacial score (nSPS) is 12.1. The summed E-state index contributed by atoms with van der Waals surface area (Å²) in [5.41, 5.74) is 5.26. The number of rotatable bonds is 5. The second-order valence-electron chi connectivity index (χ2n) is 8.75. The first-order chi connectivity index (χ1) is 16.8. The Bertz CT molecular complexity index is 1610. The molecule has 5 rings (SSSR count). The number of nitrogens with zero attached hydrogens (tertiary/aromatic N) is 3. The number of anilines is 1. The number of H-pyrrole nitrogens is 1. The molecule has 3 aromatic carbocycles. The van der Waals surface area contributed by atoms with Crippen molar-refractivity contribution in [3.05, 3.63) is 92.9 Å². The summed E-state index contributed by atoms with van der Waals surface area (Å²) in [6, 6.07) is 15.8. The summed E-state index contributed by atoms with van der Waals surface area (Å²) < 4.78 is 20.9. The maximum Gasteiger partial charge on any atom is 0.206 e. The molecule has 0 saturated carbocycles. The molecule has 0 saturated heterocycles. The number of aryl methyl sites for hydroxylation is 2. The van der Waals surface area contributed by atoms with Crippen molar-refractivity contribution in [3.8, 4) is 22.7 Å². The van der Waals surface area contributed by atoms with Crippen molar-refractivity contribution in [2.45, 2.75) is 33.7 Å². The van der Waals surface area contributed by atoms with Crippen molar-refractivity contribution in [1.82, 2.24) is 20.6 Å². The number of benzene rings is 3. The Balaban J connectivity index is 1.66. The number of hydrogen-bond donors (Lipinski definition) is 2. The third-order valence-corrected chi connectivity index (χ3v) is 6.11. The molecule has 5 aromatic rings. The molecule has 176 valence electrons. The van der Waals surface area contributed by atoms with Gasteiger partial charge in [-0.15, -0.1) is 10.2 Å². The summed E-state index contributed by atoms with van der Waals surface area (Å²) in [5, 5.41) is 18.4. The molecule has 2 aromatic heterocycles. The van der Waals surface area contributed by atoms with E-state index in [0.717, 1.165) is 27.9 Å². The predicted molar refractivity (Wildman–Crippen MR) is 134 cm³/mol. The van der Waals surface area contributed by atoms with E-state index in [1.54, 1.807) is 25.1 Å². The van der Waals surface area contributed by atoms with E-state index >= 15 is 0 Å². The second-order valence-corrected chi connectivity index (χ2v) is 8.75. The molecule has 1 atom stereocenters. The Morgan fingerprint density at radius 1 is 1.00 bits per heavy atom. The lowest BCUT2D eigenvalue weighted by Gasteiger charge is -2.20. The monoisotopic (exact) mass is 469 g/mol. The molecule has 2 N–H and O–H groups in total. The zero-order chi connectivity index (χ0) is 24.7. The van der Waals surface area contributed by atoms with Gasteiger partial charge < -0.3 is 9.73 Å². The fraction of sp³-hybridized carbons (Fsp3) is 0.185. The van der Waals surface area contributed by atoms with Crippen LogP contribution in [0.15, 0.2) is 63.8 Å². The predicted octanol–water partition coefficient (Wildman–Crippen LogP) is 5.88. The Hall–Kier alpha value is -4.33. The zero-order valence-electron chi connectivity index (χ0n) is 19.8. The molecule has 0 fully saturated rings. The van der Waals surface area contributed by atoms with Crippen LogP contribution in [-0.4, -0.2) is 20.6 Å². The molecule has 0 aliphatic rings. The SMILES string of the molecule is Cc1ccc(NC(C)c2cc(C)cc3c(=O)c(C)c(-c4ccccc4F)oc23)c(-c2nn[nH]n2)c1. The number of nitrogens with one attached hydrogen (secondary N) is 2. The molecule has 0 amide bonds. The van der Waals surface area contributed by atoms with Gasteiger partial charge in [0.15, 0.2) is 5.43 Å². The molecule has 2 heterocycles. The number of aromatic amines is 1. The van der Waals surface area contributed by atoms with E-state index in [4.69, 9.17) is 4.42 Å². The topological polar surface area (TPSA) is 96.7 Å². The molecule has 0 bridgehead atoms. The number of fused-ring (bicyclic) bond motifs is 1. The van der Waals surface area contributed by atoms with Crippen molar-refractivity contribution < 1.29 is 8.81 Å². The lowest BCUT2D eigenvalue weighted by molar-refractivity contribution is 0.586. The maximum absolute atomic E-state index is 14.6. The summed E-state index contributed by atoms with van der Waals surface area (Å²) in [7, 11) is 0. The summed E-state index contributed by atoms with van der Waals surface area (Å²) in [5.74, 6) is 0.268. The van der Waals surface area contributed by atoms with Crippen molar-refractivity contribution in [2.75, 3.05) is 5.32 Å². The summed E-state index contributed by atoms with van der Waals surface area (Å²) in [6.45, 7) is 7.58. The van der Waals surface area contributed by atoms with Crippen LogP contribution in [0.3, 0.4) is 0 Å². The van der Waals surface area contributed by atoms with Crippen molar-refractivity contribution in [3.63, 3.8) is 0 Å². The van der Waals surface area contributed by atoms with Crippen LogP contribution < -0.4 is 10.7 Å². The Labute approximate surface area is 201 Å². The van der Waals surface area contributed by atoms with Crippen molar-refractivity contribution >= 4 is 16.7 Å². The minimum Gasteiger partial charge on any atom is -0.455 e. The van der Waals surface area contributed by atoms with Crippen LogP contribution in [0.4, 0.5) is 10.1 Å². The lowest BCUT2D eigenvalue weighted by Crippen LogP contribution is -2.13. The average Bonchev–Trinajstić information content (AvgIpc) is 3.38. The number of hydrogen-bond acceptors (Lipinski definition) is 6. The van der Waals surface area contributed by atoms with Crippen LogP contribution in [0, 0.1) is 26.6 Å². The van der Waals surface area contributed by atoms with Gasteiger partial charge in [0.25, 0.3) is 0 Å². The quantitative estimate of drug-likeness (QED) is 0.334. The van der Waals surface area contributed by atoms with Crippen LogP contribution in [0.2, 0.25) is 0 Å². The van der Waals surface area contributed by atoms with Gasteiger partial charge in [0, 0.05) is 22.4 Å². The van der Waals surface area contributed by atoms with Crippen molar-refractivity contribution in [1.29, 1.82) is 0 Å². The number of halogens is 1. The first kappa shape index (κ1) is 22.5. The molecule has 0 radical (unpaired) electrons. The summed E-state index contributed by atoms with van der Waals surface area (Å²) >= 11 is 0. The molecule has 1 unspecified atom stereocenters. The number of tetrazole rings is 1. The van der Waals surface area contributed by atoms with Crippen LogP contribution in [0.5, 0.6) is 0 Å². The average molecular weight is 470 g/mol. The molecular formula is C27H24FN5O2. The third-order valence-electron chi connectivity index (χ3n) is 6.11. The zero-order valence-corrected chi connectivity index (χ0v) is 19.8. The van der Waals surface area contributed by atoms with Gasteiger partial charge in [-0.2, -0.15) is 5.21 Å². The van der Waals surface area contributed by atoms with Crippen molar-refractivity contribution in [2.24, 2.45) is 0 Å². The van der Waals surface area contributed by atoms with Crippen LogP contribution in [0.25, 0.3) is 33.7 Å². The summed E-state index contributed by atoms with van der Waals surface area (Å²) in [4.78, 5) is 13.3. The van der Waals surface area contributed by atoms with E-state index in [0.29, 0.717) is 22.4 Å². The van der Waals surface area contributed by atoms with Gasteiger partial charge in [0.1, 0.15) is 17.2 Å². The molecular weight excluding hydrogens is 445 g/mol. The Morgan fingerprint density at radius 2 is 1.80 bits per heavy atom. The third kappa shape index (κ3) is 4.07. The van der Waals surface area contributed by atoms with E-state index in [-0.39, 0.29) is 22.8 Å². The molecule has 7 nitrogen and oxygen atoms in total. The number of aromatic nitrogens is 4. The minimum absolute atomic E-state index is 0.176. The van der Waals surface area contributed by atoms with Crippen LogP contribution in [0.1, 0.15) is 35.2 Å². The van der Waals surface area contributed by atoms with Gasteiger partial charge in [0.05, 0.1) is 17.0 Å². The molecule has 0 spiro atoms. The lowest BCUT2D eigenvalue weighted by atomic mass is 9.98. The van der Waals surface area contributed by atoms with Gasteiger partial charge >= 0.3 is 0 Å². The summed E-state index contributed by atoms with van der Waals surface area (Å²) in [6.07, 6.45) is 0. The standard InChI is InChI=1S/C27H24FN5O2/c1-14-9-10-23(20(11-14)27-30-32-33-31-27)29-17(4)19-12-15(2)13-21-24(34)16(3)25(35-26(19)21)18-7-5-6-8-22(18)28/h5-13,17,29H,1-4H3,(H,30,31,32,33). The first-order valence-corrected chi connectivity index (χ1v) is 11.3. The second kappa shape index (κ2) is 8.79. The highest BCUT2D eigenvalue weighted by molar-refractivity contribution is 5.85. The van der Waals surface area contributed by atoms with E-state index in [2.05, 4.69) is 25.9 Å². The van der Waals surface area contributed by atoms with Gasteiger partial charge in [0.2, 0.25) is 5.82 Å². The smallest absolute Gasteiger partial charge is 0.206 e. The molecule has 8 heteroatoms. The van der Waals surface area contributed by atoms with Gasteiger partial charge in [-0.3, -0.25) is 4.79 Å². The van der Waals surface area contributed by atoms with Gasteiger partial charge in [-0.1, -0.05) is 29.8 Å². The molecule has 0 aliphatic heterocycles. The van der Waals surface area contributed by atoms with Gasteiger partial charge in [-0.25, -0.2) is 4.39 Å². The van der Waals surface area contributed by atoms with Crippen LogP contribution in [-0.2, 0) is 0 Å². The van der Waals surface area contributed by atoms with E-state index in [1.807, 2.05) is 51.1 Å². The Kier molecular flexibility index (Phi) is 5.64. The highest BCUT2D eigenvalue weighted by Gasteiger charge is 2.21. The minimum atomic E-state index is -0.442. The fourth-order valence-electron chi connectivity index (χ4n) is 4.35. The van der Waals surface area contributed by atoms with Crippen LogP contribution >= 0.6 is 0 Å². The maximum atomic E-state index is 14.6. The van der Waals surface area contributed by atoms with E-state index in [9.17, 15) is 9.18 Å². The molecule has 0 aliphatic carbocycles. The van der Waals surface area contributed by atoms with Gasteiger partial charge in [-0.05, 0) is 68.8 Å².